The van der Waals surface area contributed by atoms with Gasteiger partial charge in [-0.15, -0.1) is 11.8 Å². The van der Waals surface area contributed by atoms with Crippen molar-refractivity contribution in [1.29, 1.82) is 0 Å². The number of hydrogen-bond acceptors (Lipinski definition) is 12. The van der Waals surface area contributed by atoms with E-state index in [0.29, 0.717) is 149 Å². The summed E-state index contributed by atoms with van der Waals surface area (Å²) in [6, 6.07) is 97.2. The molecule has 10 aliphatic heterocycles. The van der Waals surface area contributed by atoms with E-state index in [1.54, 1.807) is 45.8 Å². The van der Waals surface area contributed by atoms with Crippen LogP contribution in [0, 0.1) is 17.8 Å². The highest BCUT2D eigenvalue weighted by Gasteiger charge is 2.66. The quantitative estimate of drug-likeness (QED) is 0.0936. The fourth-order valence-corrected chi connectivity index (χ4v) is 26.9. The summed E-state index contributed by atoms with van der Waals surface area (Å²) in [5.41, 5.74) is 11.1. The van der Waals surface area contributed by atoms with Gasteiger partial charge >= 0.3 is 0 Å². The summed E-state index contributed by atoms with van der Waals surface area (Å²) in [7, 11) is 0. The molecule has 13 aromatic rings. The lowest BCUT2D eigenvalue weighted by atomic mass is 9.76. The minimum atomic E-state index is -0.998. The van der Waals surface area contributed by atoms with E-state index in [2.05, 4.69) is 25.1 Å². The van der Waals surface area contributed by atoms with E-state index in [0.717, 1.165) is 105 Å². The number of thioether (sulfide) groups is 1. The summed E-state index contributed by atoms with van der Waals surface area (Å²) in [6.07, 6.45) is 12.7. The zero-order valence-corrected chi connectivity index (χ0v) is 85.0. The first kappa shape index (κ1) is 97.2. The predicted molar refractivity (Wildman–Crippen MR) is 563 cm³/mol. The maximum absolute atomic E-state index is 13.9. The normalized spacial score (nSPS) is 23.1. The molecule has 738 valence electrons. The molecule has 3 aliphatic carbocycles. The van der Waals surface area contributed by atoms with Gasteiger partial charge in [-0.25, -0.2) is 0 Å². The van der Waals surface area contributed by atoms with Gasteiger partial charge in [-0.3, -0.25) is 47.9 Å². The topological polar surface area (TPSA) is 216 Å². The fraction of sp³-hybridized carbons (Fsp3) is 0.277. The van der Waals surface area contributed by atoms with Crippen LogP contribution in [0.2, 0.25) is 25.1 Å². The zero-order chi connectivity index (χ0) is 101. The van der Waals surface area contributed by atoms with Crippen LogP contribution in [0.1, 0.15) is 212 Å². The Morgan fingerprint density at radius 1 is 0.322 bits per heavy atom. The number of carbonyl (C=O) groups is 10. The van der Waals surface area contributed by atoms with E-state index in [4.69, 9.17) is 62.4 Å². The molecule has 10 amide bonds. The molecule has 0 bridgehead atoms. The number of carbonyl (C=O) groups excluding carboxylic acids is 10. The first-order chi connectivity index (χ1) is 71.0. The summed E-state index contributed by atoms with van der Waals surface area (Å²) in [4.78, 5) is 153. The third-order valence-electron chi connectivity index (χ3n) is 31.9. The molecule has 6 atom stereocenters. The molecule has 12 aromatic carbocycles. The van der Waals surface area contributed by atoms with Gasteiger partial charge in [0.05, 0.1) is 17.9 Å². The second-order valence-electron chi connectivity index (χ2n) is 39.6. The maximum Gasteiger partial charge on any atom is 0.291 e. The number of hydrogen-bond donors (Lipinski definition) is 0. The number of halogens is 5. The smallest absolute Gasteiger partial charge is 0.291 e. The first-order valence-corrected chi connectivity index (χ1v) is 53.2. The third-order valence-corrected chi connectivity index (χ3v) is 34.2. The van der Waals surface area contributed by atoms with Gasteiger partial charge in [-0.2, -0.15) is 0 Å². The second kappa shape index (κ2) is 39.7. The van der Waals surface area contributed by atoms with E-state index in [1.807, 2.05) is 306 Å². The van der Waals surface area contributed by atoms with Crippen molar-refractivity contribution in [2.45, 2.75) is 118 Å². The molecule has 1 aromatic heterocycles. The van der Waals surface area contributed by atoms with E-state index in [9.17, 15) is 47.9 Å². The van der Waals surface area contributed by atoms with Crippen molar-refractivity contribution in [2.75, 3.05) is 71.2 Å². The Labute approximate surface area is 876 Å². The Hall–Kier alpha value is -13.6. The maximum atomic E-state index is 13.9. The number of nitrogens with zero attached hydrogens (tertiary/aromatic N) is 10. The van der Waals surface area contributed by atoms with Crippen molar-refractivity contribution in [3.05, 3.63) is 447 Å². The molecule has 26 rings (SSSR count). The van der Waals surface area contributed by atoms with Gasteiger partial charge < -0.3 is 53.4 Å². The molecule has 0 radical (unpaired) electrons. The molecule has 7 fully saturated rings. The monoisotopic (exact) mass is 2060 g/mol. The van der Waals surface area contributed by atoms with Crippen molar-refractivity contribution in [3.63, 3.8) is 0 Å². The molecule has 27 heteroatoms. The standard InChI is InChI=1S/C25H21ClN2O2S.C25H19ClN2O2.C25H27ClN2O2.C23H23ClN2O2.C21H15ClN2O3/c26-20-12-10-19(11-13-20)25-22-9-5-4-8-21(22)24(30)28(25)15-14-27(25)23(29)17-31-16-18-6-2-1-3-7-18;26-18-11-9-17(10-12-18)25-22-8-4-3-7-20(22)23(29)27(25)13-14-28(25)24(30)21-15-16-5-1-2-6-19(16)21;1-17-6-8-18(9-7-17)16-23(29)27-14-15-28-24(30)21-4-2-3-5-22(21)25(27,28)19-10-12-20(26)13-11-19;24-18-11-9-17(10-12-18)23-20-8-4-3-7-19(20)22(28)26(23)14-13-25(23)21(27)15-16-5-1-2-6-16;22-15-9-7-14(8-10-15)21-17-5-2-1-4-16(17)19(25)23(21)11-12-24(21)20(26)18-6-3-13-27-18/h1-13H,14-17H2;1-12,21H,13-15H2;2-5,10-13,17-18H,6-9,14-16H2,1H3;3-4,7-12,16H,1-2,5-6,13-15H2;1-10,13H,11-12H2. The van der Waals surface area contributed by atoms with Crippen LogP contribution in [0.4, 0.5) is 0 Å². The number of furan rings is 1. The van der Waals surface area contributed by atoms with Gasteiger partial charge in [0.25, 0.3) is 35.4 Å². The van der Waals surface area contributed by atoms with Crippen LogP contribution in [-0.4, -0.2) is 179 Å². The van der Waals surface area contributed by atoms with Gasteiger partial charge in [0.1, 0.15) is 0 Å². The predicted octanol–water partition coefficient (Wildman–Crippen LogP) is 22.2. The molecule has 2 saturated carbocycles. The Kier molecular flexibility index (Phi) is 26.4. The highest BCUT2D eigenvalue weighted by Crippen LogP contribution is 2.58. The number of benzene rings is 12. The first-order valence-electron chi connectivity index (χ1n) is 50.2. The fourth-order valence-electron chi connectivity index (χ4n) is 25.4. The molecule has 21 nitrogen and oxygen atoms in total. The molecular formula is C119H105Cl5N10O11S. The average Bonchev–Trinajstić information content (AvgIpc) is 1.54. The lowest BCUT2D eigenvalue weighted by Crippen LogP contribution is -2.53. The molecule has 11 heterocycles. The van der Waals surface area contributed by atoms with Crippen LogP contribution < -0.4 is 0 Å². The number of amides is 10. The van der Waals surface area contributed by atoms with Gasteiger partial charge in [-0.1, -0.05) is 297 Å². The van der Waals surface area contributed by atoms with Gasteiger partial charge in [0.2, 0.25) is 23.6 Å². The summed E-state index contributed by atoms with van der Waals surface area (Å²) in [5, 5.41) is 3.14. The molecule has 5 saturated heterocycles. The van der Waals surface area contributed by atoms with Crippen LogP contribution in [0.3, 0.4) is 0 Å². The SMILES string of the molecule is CC1CCC(CC(=O)N2CCN3C(=O)c4ccccc4C23c2ccc(Cl)cc2)CC1.O=C(CC1CCCC1)N1CCN2C(=O)c3ccccc3C12c1ccc(Cl)cc1.O=C(CSCc1ccccc1)N1CCN2C(=O)c3ccccc3C12c1ccc(Cl)cc1.O=C(c1ccco1)N1CCN2C(=O)c3ccccc3C12c1ccc(Cl)cc1.O=C1c2ccccc2C2(c3ccc(Cl)cc3)N1CCN2C(=O)C1Cc2ccccc21. The highest BCUT2D eigenvalue weighted by atomic mass is 35.5. The molecular weight excluding hydrogens is 1950 g/mol. The number of fused-ring (bicyclic) bond motifs is 16. The summed E-state index contributed by atoms with van der Waals surface area (Å²) < 4.78 is 5.36. The largest absolute Gasteiger partial charge is 0.459 e. The van der Waals surface area contributed by atoms with Crippen molar-refractivity contribution >= 4 is 129 Å². The Morgan fingerprint density at radius 3 is 0.986 bits per heavy atom. The Bertz CT molecular complexity index is 7300. The summed E-state index contributed by atoms with van der Waals surface area (Å²) >= 11 is 32.3. The van der Waals surface area contributed by atoms with Crippen LogP contribution >= 0.6 is 69.8 Å². The van der Waals surface area contributed by atoms with Crippen LogP contribution in [0.15, 0.2) is 320 Å². The van der Waals surface area contributed by atoms with E-state index >= 15 is 0 Å². The van der Waals surface area contributed by atoms with Gasteiger partial charge in [0.15, 0.2) is 34.1 Å². The van der Waals surface area contributed by atoms with Crippen LogP contribution in [0.5, 0.6) is 0 Å². The van der Waals surface area contributed by atoms with E-state index in [-0.39, 0.29) is 70.7 Å². The third kappa shape index (κ3) is 16.0. The second-order valence-corrected chi connectivity index (χ2v) is 42.8. The summed E-state index contributed by atoms with van der Waals surface area (Å²) in [6.45, 7) is 7.42. The van der Waals surface area contributed by atoms with Crippen LogP contribution in [0.25, 0.3) is 0 Å². The van der Waals surface area contributed by atoms with Crippen LogP contribution in [-0.2, 0) is 59.7 Å². The molecule has 13 aliphatic rings. The number of rotatable bonds is 15. The Balaban J connectivity index is 0.000000104. The Morgan fingerprint density at radius 2 is 0.630 bits per heavy atom. The molecule has 0 spiro atoms. The average molecular weight is 2060 g/mol. The van der Waals surface area contributed by atoms with Gasteiger partial charge in [0, 0.05) is 193 Å². The lowest BCUT2D eigenvalue weighted by Gasteiger charge is -2.43. The minimum Gasteiger partial charge on any atom is -0.459 e. The lowest BCUT2D eigenvalue weighted by molar-refractivity contribution is -0.139. The van der Waals surface area contributed by atoms with Gasteiger partial charge in [-0.05, 0) is 170 Å². The van der Waals surface area contributed by atoms with Crippen molar-refractivity contribution in [2.24, 2.45) is 17.8 Å². The zero-order valence-electron chi connectivity index (χ0n) is 80.4. The van der Waals surface area contributed by atoms with E-state index < -0.39 is 28.3 Å². The molecule has 0 N–H and O–H groups in total. The van der Waals surface area contributed by atoms with Crippen molar-refractivity contribution in [3.8, 4) is 0 Å². The molecule has 146 heavy (non-hydrogen) atoms. The highest BCUT2D eigenvalue weighted by molar-refractivity contribution is 7.99. The van der Waals surface area contributed by atoms with E-state index in [1.165, 1.54) is 43.1 Å². The van der Waals surface area contributed by atoms with Crippen molar-refractivity contribution in [1.82, 2.24) is 49.0 Å². The molecule has 6 unspecified atom stereocenters. The van der Waals surface area contributed by atoms with Crippen molar-refractivity contribution < 1.29 is 52.4 Å². The summed E-state index contributed by atoms with van der Waals surface area (Å²) in [5.74, 6) is 2.93. The minimum absolute atomic E-state index is 0.00159.